The highest BCUT2D eigenvalue weighted by atomic mass is 15.2. The zero-order valence-electron chi connectivity index (χ0n) is 14.1. The first-order valence-corrected chi connectivity index (χ1v) is 8.23. The second-order valence-corrected chi connectivity index (χ2v) is 6.58. The number of hydrogen-bond donors (Lipinski definition) is 1. The first-order chi connectivity index (χ1) is 10.1. The van der Waals surface area contributed by atoms with Crippen LogP contribution in [0.1, 0.15) is 36.4 Å². The number of hydrogen-bond acceptors (Lipinski definition) is 3. The Morgan fingerprint density at radius 3 is 2.76 bits per heavy atom. The molecular weight excluding hydrogens is 258 g/mol. The summed E-state index contributed by atoms with van der Waals surface area (Å²) in [5.74, 6) is 0. The summed E-state index contributed by atoms with van der Waals surface area (Å²) in [6.07, 6.45) is 3.89. The zero-order chi connectivity index (χ0) is 15.2. The molecule has 0 radical (unpaired) electrons. The quantitative estimate of drug-likeness (QED) is 0.832. The average Bonchev–Trinajstić information content (AvgIpc) is 2.88. The van der Waals surface area contributed by atoms with Crippen molar-refractivity contribution in [2.75, 3.05) is 40.8 Å². The molecule has 1 aromatic carbocycles. The molecule has 0 bridgehead atoms. The van der Waals surface area contributed by atoms with Crippen LogP contribution in [0.25, 0.3) is 0 Å². The van der Waals surface area contributed by atoms with Gasteiger partial charge in [-0.15, -0.1) is 0 Å². The Labute approximate surface area is 130 Å². The summed E-state index contributed by atoms with van der Waals surface area (Å²) in [6, 6.07) is 9.96. The van der Waals surface area contributed by atoms with E-state index in [1.807, 2.05) is 0 Å². The molecule has 0 amide bonds. The van der Waals surface area contributed by atoms with E-state index in [0.29, 0.717) is 6.04 Å². The monoisotopic (exact) mass is 289 g/mol. The van der Waals surface area contributed by atoms with Gasteiger partial charge in [0.1, 0.15) is 0 Å². The Balaban J connectivity index is 1.92. The van der Waals surface area contributed by atoms with E-state index in [1.165, 1.54) is 50.0 Å². The van der Waals surface area contributed by atoms with Crippen molar-refractivity contribution in [1.29, 1.82) is 0 Å². The second-order valence-electron chi connectivity index (χ2n) is 6.58. The summed E-state index contributed by atoms with van der Waals surface area (Å²) in [5, 5.41) is 3.50. The van der Waals surface area contributed by atoms with E-state index in [2.05, 4.69) is 67.4 Å². The summed E-state index contributed by atoms with van der Waals surface area (Å²) >= 11 is 0. The summed E-state index contributed by atoms with van der Waals surface area (Å²) in [5.41, 5.74) is 2.84. The summed E-state index contributed by atoms with van der Waals surface area (Å²) < 4.78 is 0. The SMILES string of the molecule is CNC(CCN1CCCC1CN(C)C)c1ccccc1C. The predicted molar refractivity (Wildman–Crippen MR) is 90.7 cm³/mol. The molecule has 1 saturated heterocycles. The molecule has 21 heavy (non-hydrogen) atoms. The van der Waals surface area contributed by atoms with Gasteiger partial charge in [0.15, 0.2) is 0 Å². The number of likely N-dealkylation sites (tertiary alicyclic amines) is 1. The molecule has 1 N–H and O–H groups in total. The van der Waals surface area contributed by atoms with Gasteiger partial charge in [-0.05, 0) is 65.0 Å². The fourth-order valence-electron chi connectivity index (χ4n) is 3.55. The zero-order valence-corrected chi connectivity index (χ0v) is 14.1. The number of aryl methyl sites for hydroxylation is 1. The van der Waals surface area contributed by atoms with Gasteiger partial charge in [0, 0.05) is 25.2 Å². The molecule has 3 nitrogen and oxygen atoms in total. The van der Waals surface area contributed by atoms with Crippen molar-refractivity contribution in [3.05, 3.63) is 35.4 Å². The van der Waals surface area contributed by atoms with Crippen LogP contribution in [0, 0.1) is 6.92 Å². The lowest BCUT2D eigenvalue weighted by molar-refractivity contribution is 0.200. The second kappa shape index (κ2) is 7.92. The van der Waals surface area contributed by atoms with Gasteiger partial charge in [0.25, 0.3) is 0 Å². The van der Waals surface area contributed by atoms with Gasteiger partial charge >= 0.3 is 0 Å². The third-order valence-corrected chi connectivity index (χ3v) is 4.69. The molecule has 3 heteroatoms. The van der Waals surface area contributed by atoms with Crippen LogP contribution in [0.4, 0.5) is 0 Å². The first kappa shape index (κ1) is 16.5. The summed E-state index contributed by atoms with van der Waals surface area (Å²) in [6.45, 7) is 5.86. The standard InChI is InChI=1S/C18H31N3/c1-15-8-5-6-10-17(15)18(19-2)11-13-21-12-7-9-16(21)14-20(3)4/h5-6,8,10,16,18-19H,7,9,11-14H2,1-4H3. The predicted octanol–water partition coefficient (Wildman–Crippen LogP) is 2.67. The van der Waals surface area contributed by atoms with Crippen LogP contribution in [0.2, 0.25) is 0 Å². The third kappa shape index (κ3) is 4.53. The molecular formula is C18H31N3. The molecule has 0 aromatic heterocycles. The number of benzene rings is 1. The molecule has 1 heterocycles. The van der Waals surface area contributed by atoms with Crippen molar-refractivity contribution >= 4 is 0 Å². The molecule has 0 aliphatic carbocycles. The average molecular weight is 289 g/mol. The van der Waals surface area contributed by atoms with Gasteiger partial charge in [0.2, 0.25) is 0 Å². The van der Waals surface area contributed by atoms with Crippen molar-refractivity contribution in [2.24, 2.45) is 0 Å². The molecule has 118 valence electrons. The summed E-state index contributed by atoms with van der Waals surface area (Å²) in [7, 11) is 6.44. The lowest BCUT2D eigenvalue weighted by Gasteiger charge is -2.29. The van der Waals surface area contributed by atoms with Crippen LogP contribution in [-0.4, -0.2) is 56.6 Å². The van der Waals surface area contributed by atoms with E-state index in [4.69, 9.17) is 0 Å². The highest BCUT2D eigenvalue weighted by Crippen LogP contribution is 2.23. The highest BCUT2D eigenvalue weighted by molar-refractivity contribution is 5.28. The van der Waals surface area contributed by atoms with Gasteiger partial charge in [-0.3, -0.25) is 4.90 Å². The molecule has 1 aromatic rings. The van der Waals surface area contributed by atoms with Crippen LogP contribution in [0.15, 0.2) is 24.3 Å². The van der Waals surface area contributed by atoms with Crippen molar-refractivity contribution in [1.82, 2.24) is 15.1 Å². The van der Waals surface area contributed by atoms with Crippen molar-refractivity contribution in [3.63, 3.8) is 0 Å². The maximum Gasteiger partial charge on any atom is 0.0332 e. The lowest BCUT2D eigenvalue weighted by atomic mass is 9.98. The minimum atomic E-state index is 0.465. The first-order valence-electron chi connectivity index (χ1n) is 8.23. The van der Waals surface area contributed by atoms with E-state index in [0.717, 1.165) is 6.04 Å². The van der Waals surface area contributed by atoms with Crippen LogP contribution < -0.4 is 5.32 Å². The fourth-order valence-corrected chi connectivity index (χ4v) is 3.55. The Hall–Kier alpha value is -0.900. The van der Waals surface area contributed by atoms with Crippen LogP contribution in [0.3, 0.4) is 0 Å². The van der Waals surface area contributed by atoms with Gasteiger partial charge < -0.3 is 10.2 Å². The Kier molecular flexibility index (Phi) is 6.22. The van der Waals surface area contributed by atoms with E-state index < -0.39 is 0 Å². The number of nitrogens with zero attached hydrogens (tertiary/aromatic N) is 2. The van der Waals surface area contributed by atoms with Gasteiger partial charge in [-0.25, -0.2) is 0 Å². The van der Waals surface area contributed by atoms with E-state index in [-0.39, 0.29) is 0 Å². The molecule has 2 atom stereocenters. The normalized spacial score (nSPS) is 21.1. The lowest BCUT2D eigenvalue weighted by Crippen LogP contribution is -2.39. The highest BCUT2D eigenvalue weighted by Gasteiger charge is 2.25. The van der Waals surface area contributed by atoms with Crippen LogP contribution in [-0.2, 0) is 0 Å². The summed E-state index contributed by atoms with van der Waals surface area (Å²) in [4.78, 5) is 5.00. The van der Waals surface area contributed by atoms with Crippen LogP contribution >= 0.6 is 0 Å². The Morgan fingerprint density at radius 1 is 1.33 bits per heavy atom. The molecule has 1 aliphatic rings. The van der Waals surface area contributed by atoms with Gasteiger partial charge in [-0.1, -0.05) is 24.3 Å². The Morgan fingerprint density at radius 2 is 2.10 bits per heavy atom. The number of likely N-dealkylation sites (N-methyl/N-ethyl adjacent to an activating group) is 1. The van der Waals surface area contributed by atoms with Crippen LogP contribution in [0.5, 0.6) is 0 Å². The minimum absolute atomic E-state index is 0.465. The number of rotatable bonds is 7. The fraction of sp³-hybridized carbons (Fsp3) is 0.667. The van der Waals surface area contributed by atoms with Crippen molar-refractivity contribution in [3.8, 4) is 0 Å². The molecule has 2 unspecified atom stereocenters. The maximum atomic E-state index is 3.50. The van der Waals surface area contributed by atoms with Crippen molar-refractivity contribution in [2.45, 2.75) is 38.3 Å². The minimum Gasteiger partial charge on any atom is -0.313 e. The number of nitrogens with one attached hydrogen (secondary N) is 1. The third-order valence-electron chi connectivity index (χ3n) is 4.69. The smallest absolute Gasteiger partial charge is 0.0332 e. The molecule has 2 rings (SSSR count). The van der Waals surface area contributed by atoms with E-state index >= 15 is 0 Å². The largest absolute Gasteiger partial charge is 0.313 e. The maximum absolute atomic E-state index is 3.50. The van der Waals surface area contributed by atoms with E-state index in [1.54, 1.807) is 0 Å². The molecule has 1 fully saturated rings. The van der Waals surface area contributed by atoms with Gasteiger partial charge in [0.05, 0.1) is 0 Å². The Bertz CT molecular complexity index is 430. The van der Waals surface area contributed by atoms with Gasteiger partial charge in [-0.2, -0.15) is 0 Å². The van der Waals surface area contributed by atoms with E-state index in [9.17, 15) is 0 Å². The molecule has 0 saturated carbocycles. The molecule has 0 spiro atoms. The molecule has 1 aliphatic heterocycles. The van der Waals surface area contributed by atoms with Crippen molar-refractivity contribution < 1.29 is 0 Å². The topological polar surface area (TPSA) is 18.5 Å².